The van der Waals surface area contributed by atoms with E-state index in [9.17, 15) is 4.79 Å². The average Bonchev–Trinajstić information content (AvgIpc) is 2.37. The Bertz CT molecular complexity index is 468. The van der Waals surface area contributed by atoms with E-state index in [1.807, 2.05) is 29.2 Å². The van der Waals surface area contributed by atoms with Crippen LogP contribution in [0.3, 0.4) is 0 Å². The van der Waals surface area contributed by atoms with Gasteiger partial charge in [0.05, 0.1) is 0 Å². The Morgan fingerprint density at radius 3 is 2.53 bits per heavy atom. The minimum absolute atomic E-state index is 0.171. The number of nitrogens with zero attached hydrogens (tertiary/aromatic N) is 2. The first-order valence-electron chi connectivity index (χ1n) is 6.73. The number of carbonyl (C=O) groups is 1. The molecule has 5 heteroatoms. The molecule has 0 unspecified atom stereocenters. The van der Waals surface area contributed by atoms with E-state index in [1.165, 1.54) is 0 Å². The SMILES string of the molecule is O=C(c1cccc(I)c1)N1CCN(C2CNC2)CC1. The Balaban J connectivity index is 1.60. The molecule has 0 radical (unpaired) electrons. The van der Waals surface area contributed by atoms with Crippen LogP contribution in [0.4, 0.5) is 0 Å². The highest BCUT2D eigenvalue weighted by Gasteiger charge is 2.29. The summed E-state index contributed by atoms with van der Waals surface area (Å²) < 4.78 is 1.11. The predicted molar refractivity (Wildman–Crippen MR) is 83.3 cm³/mol. The molecule has 2 aliphatic rings. The third-order valence-corrected chi connectivity index (χ3v) is 4.62. The fourth-order valence-corrected chi connectivity index (χ4v) is 3.17. The Kier molecular flexibility index (Phi) is 4.04. The number of benzene rings is 1. The third kappa shape index (κ3) is 2.93. The van der Waals surface area contributed by atoms with Gasteiger partial charge in [0.1, 0.15) is 0 Å². The highest BCUT2D eigenvalue weighted by Crippen LogP contribution is 2.14. The van der Waals surface area contributed by atoms with Crippen molar-refractivity contribution >= 4 is 28.5 Å². The minimum Gasteiger partial charge on any atom is -0.336 e. The number of nitrogens with one attached hydrogen (secondary N) is 1. The lowest BCUT2D eigenvalue weighted by Gasteiger charge is -2.43. The quantitative estimate of drug-likeness (QED) is 0.789. The number of hydrogen-bond acceptors (Lipinski definition) is 3. The number of piperazine rings is 1. The van der Waals surface area contributed by atoms with E-state index in [1.54, 1.807) is 0 Å². The molecule has 1 N–H and O–H groups in total. The van der Waals surface area contributed by atoms with E-state index >= 15 is 0 Å². The van der Waals surface area contributed by atoms with Crippen molar-refractivity contribution in [3.05, 3.63) is 33.4 Å². The van der Waals surface area contributed by atoms with Crippen molar-refractivity contribution in [3.8, 4) is 0 Å². The second-order valence-electron chi connectivity index (χ2n) is 5.15. The van der Waals surface area contributed by atoms with Crippen molar-refractivity contribution in [3.63, 3.8) is 0 Å². The molecule has 102 valence electrons. The van der Waals surface area contributed by atoms with Crippen LogP contribution in [0.15, 0.2) is 24.3 Å². The zero-order chi connectivity index (χ0) is 13.2. The van der Waals surface area contributed by atoms with E-state index in [0.29, 0.717) is 6.04 Å². The van der Waals surface area contributed by atoms with Gasteiger partial charge in [-0.1, -0.05) is 6.07 Å². The fraction of sp³-hybridized carbons (Fsp3) is 0.500. The Labute approximate surface area is 127 Å². The number of rotatable bonds is 2. The van der Waals surface area contributed by atoms with Gasteiger partial charge in [-0.3, -0.25) is 9.69 Å². The molecule has 2 saturated heterocycles. The van der Waals surface area contributed by atoms with Gasteiger partial charge < -0.3 is 10.2 Å². The van der Waals surface area contributed by atoms with Crippen LogP contribution in [0.5, 0.6) is 0 Å². The minimum atomic E-state index is 0.171. The van der Waals surface area contributed by atoms with Gasteiger partial charge in [0.2, 0.25) is 0 Å². The maximum atomic E-state index is 12.4. The van der Waals surface area contributed by atoms with Gasteiger partial charge >= 0.3 is 0 Å². The standard InChI is InChI=1S/C14H18IN3O/c15-12-3-1-2-11(8-12)14(19)18-6-4-17(5-7-18)13-9-16-10-13/h1-3,8,13,16H,4-7,9-10H2. The largest absolute Gasteiger partial charge is 0.336 e. The first-order valence-corrected chi connectivity index (χ1v) is 7.81. The number of carbonyl (C=O) groups excluding carboxylic acids is 1. The van der Waals surface area contributed by atoms with Gasteiger partial charge in [-0.15, -0.1) is 0 Å². The van der Waals surface area contributed by atoms with Gasteiger partial charge in [0, 0.05) is 54.4 Å². The van der Waals surface area contributed by atoms with Crippen molar-refractivity contribution < 1.29 is 4.79 Å². The summed E-state index contributed by atoms with van der Waals surface area (Å²) in [5.41, 5.74) is 0.811. The predicted octanol–water partition coefficient (Wildman–Crippen LogP) is 1.02. The molecule has 2 heterocycles. The molecule has 2 aliphatic heterocycles. The van der Waals surface area contributed by atoms with E-state index in [2.05, 4.69) is 32.8 Å². The molecule has 1 amide bonds. The van der Waals surface area contributed by atoms with Crippen LogP contribution in [-0.4, -0.2) is 61.0 Å². The van der Waals surface area contributed by atoms with Crippen LogP contribution in [0, 0.1) is 3.57 Å². The summed E-state index contributed by atoms with van der Waals surface area (Å²) in [6, 6.07) is 8.53. The molecule has 1 aromatic rings. The first kappa shape index (κ1) is 13.3. The summed E-state index contributed by atoms with van der Waals surface area (Å²) in [5.74, 6) is 0.171. The summed E-state index contributed by atoms with van der Waals surface area (Å²) in [6.45, 7) is 5.90. The summed E-state index contributed by atoms with van der Waals surface area (Å²) in [7, 11) is 0. The summed E-state index contributed by atoms with van der Waals surface area (Å²) >= 11 is 2.25. The molecule has 4 nitrogen and oxygen atoms in total. The van der Waals surface area contributed by atoms with E-state index in [-0.39, 0.29) is 5.91 Å². The molecule has 0 saturated carbocycles. The molecule has 19 heavy (non-hydrogen) atoms. The van der Waals surface area contributed by atoms with Crippen LogP contribution >= 0.6 is 22.6 Å². The Morgan fingerprint density at radius 1 is 1.21 bits per heavy atom. The summed E-state index contributed by atoms with van der Waals surface area (Å²) in [6.07, 6.45) is 0. The maximum Gasteiger partial charge on any atom is 0.253 e. The lowest BCUT2D eigenvalue weighted by atomic mass is 10.1. The van der Waals surface area contributed by atoms with Crippen LogP contribution in [0.2, 0.25) is 0 Å². The maximum absolute atomic E-state index is 12.4. The second kappa shape index (κ2) is 5.76. The molecule has 1 aromatic carbocycles. The Morgan fingerprint density at radius 2 is 1.95 bits per heavy atom. The zero-order valence-electron chi connectivity index (χ0n) is 10.8. The van der Waals surface area contributed by atoms with Crippen LogP contribution in [0.1, 0.15) is 10.4 Å². The van der Waals surface area contributed by atoms with E-state index < -0.39 is 0 Å². The van der Waals surface area contributed by atoms with Crippen molar-refractivity contribution in [1.82, 2.24) is 15.1 Å². The van der Waals surface area contributed by atoms with Gasteiger partial charge in [0.25, 0.3) is 5.91 Å². The van der Waals surface area contributed by atoms with Crippen molar-refractivity contribution in [2.45, 2.75) is 6.04 Å². The normalized spacial score (nSPS) is 21.2. The average molecular weight is 371 g/mol. The highest BCUT2D eigenvalue weighted by atomic mass is 127. The summed E-state index contributed by atoms with van der Waals surface area (Å²) in [4.78, 5) is 16.9. The van der Waals surface area contributed by atoms with Gasteiger partial charge in [0.15, 0.2) is 0 Å². The van der Waals surface area contributed by atoms with Crippen LogP contribution in [0.25, 0.3) is 0 Å². The molecule has 2 fully saturated rings. The van der Waals surface area contributed by atoms with E-state index in [0.717, 1.165) is 48.4 Å². The van der Waals surface area contributed by atoms with Crippen molar-refractivity contribution in [2.75, 3.05) is 39.3 Å². The van der Waals surface area contributed by atoms with Gasteiger partial charge in [-0.05, 0) is 40.8 Å². The lowest BCUT2D eigenvalue weighted by Crippen LogP contribution is -2.62. The molecule has 0 atom stereocenters. The monoisotopic (exact) mass is 371 g/mol. The molecular weight excluding hydrogens is 353 g/mol. The van der Waals surface area contributed by atoms with Crippen molar-refractivity contribution in [2.24, 2.45) is 0 Å². The third-order valence-electron chi connectivity index (χ3n) is 3.95. The van der Waals surface area contributed by atoms with Crippen LogP contribution in [-0.2, 0) is 0 Å². The molecular formula is C14H18IN3O. The fourth-order valence-electron chi connectivity index (χ4n) is 2.63. The number of halogens is 1. The second-order valence-corrected chi connectivity index (χ2v) is 6.40. The van der Waals surface area contributed by atoms with Gasteiger partial charge in [-0.2, -0.15) is 0 Å². The zero-order valence-corrected chi connectivity index (χ0v) is 13.0. The first-order chi connectivity index (χ1) is 9.24. The van der Waals surface area contributed by atoms with Crippen LogP contribution < -0.4 is 5.32 Å². The number of hydrogen-bond donors (Lipinski definition) is 1. The topological polar surface area (TPSA) is 35.6 Å². The molecule has 3 rings (SSSR count). The molecule has 0 aliphatic carbocycles. The molecule has 0 spiro atoms. The van der Waals surface area contributed by atoms with Gasteiger partial charge in [-0.25, -0.2) is 0 Å². The Hall–Kier alpha value is -0.660. The van der Waals surface area contributed by atoms with E-state index in [4.69, 9.17) is 0 Å². The molecule has 0 bridgehead atoms. The number of amides is 1. The smallest absolute Gasteiger partial charge is 0.253 e. The van der Waals surface area contributed by atoms with Crippen molar-refractivity contribution in [1.29, 1.82) is 0 Å². The highest BCUT2D eigenvalue weighted by molar-refractivity contribution is 14.1. The molecule has 0 aromatic heterocycles. The summed E-state index contributed by atoms with van der Waals surface area (Å²) in [5, 5.41) is 3.30. The lowest BCUT2D eigenvalue weighted by molar-refractivity contribution is 0.0502.